The first kappa shape index (κ1) is 19.8. The van der Waals surface area contributed by atoms with Crippen LogP contribution in [0.1, 0.15) is 16.7 Å². The molecule has 0 bridgehead atoms. The molecule has 1 heterocycles. The van der Waals surface area contributed by atoms with E-state index in [2.05, 4.69) is 31.3 Å². The van der Waals surface area contributed by atoms with Crippen LogP contribution in [0.15, 0.2) is 48.5 Å². The van der Waals surface area contributed by atoms with Gasteiger partial charge in [0, 0.05) is 31.9 Å². The summed E-state index contributed by atoms with van der Waals surface area (Å²) < 4.78 is 26.9. The highest BCUT2D eigenvalue weighted by Crippen LogP contribution is 2.17. The van der Waals surface area contributed by atoms with Crippen LogP contribution >= 0.6 is 12.2 Å². The number of nitrogens with zero attached hydrogens (tertiary/aromatic N) is 2. The molecule has 0 aliphatic carbocycles. The van der Waals surface area contributed by atoms with Gasteiger partial charge < -0.3 is 10.2 Å². The number of hydrogen-bond donors (Lipinski definition) is 1. The Morgan fingerprint density at radius 1 is 1.00 bits per heavy atom. The number of piperazine rings is 1. The van der Waals surface area contributed by atoms with E-state index in [1.165, 1.54) is 11.1 Å². The summed E-state index contributed by atoms with van der Waals surface area (Å²) in [6.45, 7) is 6.22. The van der Waals surface area contributed by atoms with Crippen molar-refractivity contribution >= 4 is 33.0 Å². The summed E-state index contributed by atoms with van der Waals surface area (Å²) in [5.41, 5.74) is 4.22. The Bertz CT molecular complexity index is 906. The van der Waals surface area contributed by atoms with E-state index in [1.807, 2.05) is 41.3 Å². The van der Waals surface area contributed by atoms with Gasteiger partial charge in [0.2, 0.25) is 10.0 Å². The lowest BCUT2D eigenvalue weighted by Crippen LogP contribution is -2.51. The third-order valence-electron chi connectivity index (χ3n) is 4.87. The number of nitrogens with one attached hydrogen (secondary N) is 1. The molecule has 5 nitrogen and oxygen atoms in total. The summed E-state index contributed by atoms with van der Waals surface area (Å²) >= 11 is 5.52. The van der Waals surface area contributed by atoms with Gasteiger partial charge in [0.15, 0.2) is 5.11 Å². The largest absolute Gasteiger partial charge is 0.346 e. The highest BCUT2D eigenvalue weighted by Gasteiger charge is 2.28. The summed E-state index contributed by atoms with van der Waals surface area (Å²) in [6.07, 6.45) is 0. The average molecular weight is 404 g/mol. The molecule has 2 aromatic carbocycles. The van der Waals surface area contributed by atoms with Crippen LogP contribution < -0.4 is 5.32 Å². The quantitative estimate of drug-likeness (QED) is 0.795. The van der Waals surface area contributed by atoms with Crippen molar-refractivity contribution < 1.29 is 8.42 Å². The molecule has 1 fully saturated rings. The van der Waals surface area contributed by atoms with Gasteiger partial charge in [-0.15, -0.1) is 0 Å². The fourth-order valence-electron chi connectivity index (χ4n) is 3.07. The van der Waals surface area contributed by atoms with Gasteiger partial charge in [-0.3, -0.25) is 0 Å². The van der Waals surface area contributed by atoms with Gasteiger partial charge in [0.05, 0.1) is 5.75 Å². The van der Waals surface area contributed by atoms with Crippen molar-refractivity contribution in [3.8, 4) is 0 Å². The third-order valence-corrected chi connectivity index (χ3v) is 7.08. The molecule has 0 atom stereocenters. The standard InChI is InChI=1S/C20H25N3O2S2/c1-16-8-9-19(14-17(16)2)21-20(26)22-10-12-23(13-11-22)27(24,25)15-18-6-4-3-5-7-18/h3-9,14H,10-13,15H2,1-2H3,(H,21,26). The van der Waals surface area contributed by atoms with E-state index in [-0.39, 0.29) is 5.75 Å². The number of benzene rings is 2. The van der Waals surface area contributed by atoms with Gasteiger partial charge in [-0.25, -0.2) is 8.42 Å². The monoisotopic (exact) mass is 403 g/mol. The molecule has 3 rings (SSSR count). The van der Waals surface area contributed by atoms with Crippen molar-refractivity contribution in [2.45, 2.75) is 19.6 Å². The molecule has 144 valence electrons. The van der Waals surface area contributed by atoms with Crippen molar-refractivity contribution in [2.75, 3.05) is 31.5 Å². The zero-order chi connectivity index (χ0) is 19.4. The van der Waals surface area contributed by atoms with E-state index < -0.39 is 10.0 Å². The molecule has 1 aliphatic heterocycles. The van der Waals surface area contributed by atoms with Crippen molar-refractivity contribution in [2.24, 2.45) is 0 Å². The van der Waals surface area contributed by atoms with E-state index in [0.29, 0.717) is 31.3 Å². The van der Waals surface area contributed by atoms with E-state index in [0.717, 1.165) is 11.3 Å². The van der Waals surface area contributed by atoms with E-state index >= 15 is 0 Å². The first-order chi connectivity index (χ1) is 12.8. The van der Waals surface area contributed by atoms with Crippen LogP contribution in [0.4, 0.5) is 5.69 Å². The van der Waals surface area contributed by atoms with Crippen molar-refractivity contribution in [3.05, 3.63) is 65.2 Å². The zero-order valence-electron chi connectivity index (χ0n) is 15.7. The van der Waals surface area contributed by atoms with E-state index in [4.69, 9.17) is 12.2 Å². The predicted molar refractivity (Wildman–Crippen MR) is 114 cm³/mol. The highest BCUT2D eigenvalue weighted by molar-refractivity contribution is 7.88. The molecule has 1 N–H and O–H groups in total. The van der Waals surface area contributed by atoms with Crippen LogP contribution in [-0.2, 0) is 15.8 Å². The van der Waals surface area contributed by atoms with Gasteiger partial charge in [0.25, 0.3) is 0 Å². The Labute approximate surface area is 167 Å². The van der Waals surface area contributed by atoms with E-state index in [1.54, 1.807) is 4.31 Å². The summed E-state index contributed by atoms with van der Waals surface area (Å²) in [4.78, 5) is 2.03. The minimum atomic E-state index is -3.31. The molecular formula is C20H25N3O2S2. The van der Waals surface area contributed by atoms with Crippen LogP contribution in [0, 0.1) is 13.8 Å². The minimum Gasteiger partial charge on any atom is -0.346 e. The second-order valence-corrected chi connectivity index (χ2v) is 9.21. The van der Waals surface area contributed by atoms with Gasteiger partial charge in [-0.1, -0.05) is 36.4 Å². The Hall–Kier alpha value is -1.96. The van der Waals surface area contributed by atoms with E-state index in [9.17, 15) is 8.42 Å². The number of rotatable bonds is 4. The Balaban J connectivity index is 1.56. The first-order valence-corrected chi connectivity index (χ1v) is 11.0. The molecule has 1 saturated heterocycles. The summed E-state index contributed by atoms with van der Waals surface area (Å²) in [7, 11) is -3.31. The Morgan fingerprint density at radius 3 is 2.30 bits per heavy atom. The van der Waals surface area contributed by atoms with Crippen LogP contribution in [-0.4, -0.2) is 48.9 Å². The van der Waals surface area contributed by atoms with Crippen LogP contribution in [0.3, 0.4) is 0 Å². The number of anilines is 1. The fraction of sp³-hybridized carbons (Fsp3) is 0.350. The molecule has 2 aromatic rings. The van der Waals surface area contributed by atoms with Crippen molar-refractivity contribution in [1.29, 1.82) is 0 Å². The topological polar surface area (TPSA) is 52.6 Å². The molecule has 7 heteroatoms. The number of sulfonamides is 1. The predicted octanol–water partition coefficient (Wildman–Crippen LogP) is 3.15. The van der Waals surface area contributed by atoms with Crippen molar-refractivity contribution in [3.63, 3.8) is 0 Å². The maximum absolute atomic E-state index is 12.7. The Morgan fingerprint density at radius 2 is 1.67 bits per heavy atom. The Kier molecular flexibility index (Phi) is 6.14. The normalized spacial score (nSPS) is 15.6. The van der Waals surface area contributed by atoms with Crippen LogP contribution in [0.5, 0.6) is 0 Å². The molecule has 0 saturated carbocycles. The molecule has 0 spiro atoms. The SMILES string of the molecule is Cc1ccc(NC(=S)N2CCN(S(=O)(=O)Cc3ccccc3)CC2)cc1C. The summed E-state index contributed by atoms with van der Waals surface area (Å²) in [5.74, 6) is 0.0409. The summed E-state index contributed by atoms with van der Waals surface area (Å²) in [5, 5.41) is 3.90. The lowest BCUT2D eigenvalue weighted by molar-refractivity contribution is 0.268. The number of aryl methyl sites for hydroxylation is 2. The van der Waals surface area contributed by atoms with Gasteiger partial charge in [-0.05, 0) is 54.9 Å². The molecule has 0 radical (unpaired) electrons. The number of hydrogen-bond acceptors (Lipinski definition) is 3. The van der Waals surface area contributed by atoms with Gasteiger partial charge in [0.1, 0.15) is 0 Å². The highest BCUT2D eigenvalue weighted by atomic mass is 32.2. The maximum atomic E-state index is 12.7. The molecule has 1 aliphatic rings. The van der Waals surface area contributed by atoms with Crippen LogP contribution in [0.2, 0.25) is 0 Å². The first-order valence-electron chi connectivity index (χ1n) is 9.00. The second-order valence-electron chi connectivity index (χ2n) is 6.86. The molecule has 0 amide bonds. The summed E-state index contributed by atoms with van der Waals surface area (Å²) in [6, 6.07) is 15.4. The second kappa shape index (κ2) is 8.37. The molecule has 27 heavy (non-hydrogen) atoms. The van der Waals surface area contributed by atoms with Gasteiger partial charge >= 0.3 is 0 Å². The third kappa shape index (κ3) is 5.06. The van der Waals surface area contributed by atoms with Gasteiger partial charge in [-0.2, -0.15) is 4.31 Å². The minimum absolute atomic E-state index is 0.0409. The lowest BCUT2D eigenvalue weighted by atomic mass is 10.1. The average Bonchev–Trinajstić information content (AvgIpc) is 2.65. The number of thiocarbonyl (C=S) groups is 1. The maximum Gasteiger partial charge on any atom is 0.218 e. The molecule has 0 aromatic heterocycles. The van der Waals surface area contributed by atoms with Crippen molar-refractivity contribution in [1.82, 2.24) is 9.21 Å². The van der Waals surface area contributed by atoms with Crippen LogP contribution in [0.25, 0.3) is 0 Å². The fourth-order valence-corrected chi connectivity index (χ4v) is 4.88. The smallest absolute Gasteiger partial charge is 0.218 e. The lowest BCUT2D eigenvalue weighted by Gasteiger charge is -2.35. The molecule has 0 unspecified atom stereocenters. The molecular weight excluding hydrogens is 378 g/mol. The zero-order valence-corrected chi connectivity index (χ0v) is 17.3.